The van der Waals surface area contributed by atoms with Gasteiger partial charge in [0.1, 0.15) is 0 Å². The van der Waals surface area contributed by atoms with Crippen molar-refractivity contribution in [1.82, 2.24) is 0 Å². The van der Waals surface area contributed by atoms with Crippen molar-refractivity contribution >= 4 is 63.8 Å². The van der Waals surface area contributed by atoms with Crippen molar-refractivity contribution in [2.45, 2.75) is 0 Å². The third kappa shape index (κ3) is 3.78. The highest BCUT2D eigenvalue weighted by molar-refractivity contribution is 7.25. The first-order valence-electron chi connectivity index (χ1n) is 14.6. The summed E-state index contributed by atoms with van der Waals surface area (Å²) in [7, 11) is 0. The zero-order valence-corrected chi connectivity index (χ0v) is 24.1. The van der Waals surface area contributed by atoms with Crippen molar-refractivity contribution in [2.75, 3.05) is 0 Å². The van der Waals surface area contributed by atoms with Crippen LogP contribution in [0.15, 0.2) is 146 Å². The maximum absolute atomic E-state index is 3.29. The van der Waals surface area contributed by atoms with Crippen LogP contribution in [-0.4, -0.2) is 0 Å². The van der Waals surface area contributed by atoms with E-state index >= 15 is 0 Å². The van der Waals surface area contributed by atoms with E-state index in [-0.39, 0.29) is 0 Å². The van der Waals surface area contributed by atoms with Crippen LogP contribution >= 0.6 is 11.3 Å². The van der Waals surface area contributed by atoms with E-state index < -0.39 is 0 Å². The summed E-state index contributed by atoms with van der Waals surface area (Å²) in [6.45, 7) is 0. The standard InChI is InChI=1S/C42H24S/c1-2-11-30-26-31(25-22-27(30)10-1)28-20-23-29(24-21-28)40-32-12-3-5-14-34(32)41(35-15-6-4-13-33(35)40)37-17-9-19-39-42(37)36-16-7-8-18-38(36)43-39/h1-3,5,7-26H. The number of fused-ring (bicyclic) bond motifs is 6. The average Bonchev–Trinajstić information content (AvgIpc) is 3.46. The van der Waals surface area contributed by atoms with Crippen molar-refractivity contribution in [3.05, 3.63) is 158 Å². The molecule has 9 aromatic rings. The number of thiophene rings is 1. The smallest absolute Gasteiger partial charge is 0.0361 e. The highest BCUT2D eigenvalue weighted by Gasteiger charge is 2.19. The van der Waals surface area contributed by atoms with Gasteiger partial charge in [-0.05, 0) is 96.0 Å². The molecule has 1 aromatic heterocycles. The zero-order valence-electron chi connectivity index (χ0n) is 23.3. The van der Waals surface area contributed by atoms with Crippen molar-refractivity contribution in [3.8, 4) is 33.4 Å². The van der Waals surface area contributed by atoms with Gasteiger partial charge in [-0.3, -0.25) is 0 Å². The molecule has 1 heteroatoms. The van der Waals surface area contributed by atoms with E-state index in [0.29, 0.717) is 0 Å². The number of hydrogen-bond acceptors (Lipinski definition) is 1. The van der Waals surface area contributed by atoms with Gasteiger partial charge >= 0.3 is 0 Å². The first-order chi connectivity index (χ1) is 21.3. The Morgan fingerprint density at radius 3 is 1.81 bits per heavy atom. The van der Waals surface area contributed by atoms with Gasteiger partial charge in [0.05, 0.1) is 0 Å². The number of hydrogen-bond donors (Lipinski definition) is 0. The summed E-state index contributed by atoms with van der Waals surface area (Å²) in [4.78, 5) is 0. The molecule has 0 spiro atoms. The summed E-state index contributed by atoms with van der Waals surface area (Å²) in [5.74, 6) is 0. The Balaban J connectivity index is 1.29. The molecule has 0 aliphatic rings. The van der Waals surface area contributed by atoms with E-state index in [1.54, 1.807) is 0 Å². The Bertz CT molecular complexity index is 2440. The molecule has 0 amide bonds. The normalized spacial score (nSPS) is 11.5. The van der Waals surface area contributed by atoms with Gasteiger partial charge in [-0.2, -0.15) is 0 Å². The Morgan fingerprint density at radius 1 is 0.395 bits per heavy atom. The predicted molar refractivity (Wildman–Crippen MR) is 186 cm³/mol. The van der Waals surface area contributed by atoms with Crippen molar-refractivity contribution in [2.24, 2.45) is 0 Å². The van der Waals surface area contributed by atoms with Crippen LogP contribution in [0.25, 0.3) is 85.9 Å². The molecular weight excluding hydrogens is 537 g/mol. The molecule has 0 atom stereocenters. The Labute approximate surface area is 254 Å². The van der Waals surface area contributed by atoms with Gasteiger partial charge in [0.2, 0.25) is 0 Å². The third-order valence-corrected chi connectivity index (χ3v) is 9.88. The summed E-state index contributed by atoms with van der Waals surface area (Å²) in [5.41, 5.74) is 7.43. The molecular formula is C42H24S. The molecule has 0 unspecified atom stereocenters. The van der Waals surface area contributed by atoms with Crippen LogP contribution in [0.5, 0.6) is 0 Å². The minimum atomic E-state index is 1.20. The molecule has 0 N–H and O–H groups in total. The van der Waals surface area contributed by atoms with Gasteiger partial charge in [-0.15, -0.1) is 11.3 Å². The third-order valence-electron chi connectivity index (χ3n) is 8.74. The highest BCUT2D eigenvalue weighted by Crippen LogP contribution is 2.47. The molecule has 9 rings (SSSR count). The molecule has 0 saturated heterocycles. The second-order valence-electron chi connectivity index (χ2n) is 11.1. The minimum Gasteiger partial charge on any atom is -0.135 e. The van der Waals surface area contributed by atoms with Gasteiger partial charge in [0.25, 0.3) is 0 Å². The van der Waals surface area contributed by atoms with E-state index in [1.165, 1.54) is 85.9 Å². The minimum absolute atomic E-state index is 1.20. The second-order valence-corrected chi connectivity index (χ2v) is 12.2. The number of benzene rings is 7. The van der Waals surface area contributed by atoms with Crippen molar-refractivity contribution in [3.63, 3.8) is 0 Å². The summed E-state index contributed by atoms with van der Waals surface area (Å²) < 4.78 is 2.64. The maximum Gasteiger partial charge on any atom is 0.0361 e. The van der Waals surface area contributed by atoms with Crippen LogP contribution in [0.2, 0.25) is 0 Å². The summed E-state index contributed by atoms with van der Waals surface area (Å²) in [6.07, 6.45) is 0. The monoisotopic (exact) mass is 560 g/mol. The molecule has 0 nitrogen and oxygen atoms in total. The van der Waals surface area contributed by atoms with E-state index in [0.717, 1.165) is 0 Å². The Morgan fingerprint density at radius 2 is 1.00 bits per heavy atom. The molecule has 0 aliphatic carbocycles. The van der Waals surface area contributed by atoms with Crippen LogP contribution in [-0.2, 0) is 0 Å². The molecule has 1 heterocycles. The molecule has 43 heavy (non-hydrogen) atoms. The van der Waals surface area contributed by atoms with Crippen LogP contribution in [0.1, 0.15) is 0 Å². The van der Waals surface area contributed by atoms with Gasteiger partial charge in [0.15, 0.2) is 0 Å². The topological polar surface area (TPSA) is 0 Å². The highest BCUT2D eigenvalue weighted by atomic mass is 32.1. The molecule has 0 aliphatic heterocycles. The van der Waals surface area contributed by atoms with E-state index in [4.69, 9.17) is 0 Å². The van der Waals surface area contributed by atoms with Gasteiger partial charge < -0.3 is 0 Å². The fraction of sp³-hybridized carbons (Fsp3) is 0. The lowest BCUT2D eigenvalue weighted by molar-refractivity contribution is 1.63. The Hall–Kier alpha value is -5.42. The van der Waals surface area contributed by atoms with E-state index in [1.807, 2.05) is 11.3 Å². The molecule has 198 valence electrons. The average molecular weight is 561 g/mol. The largest absolute Gasteiger partial charge is 0.135 e. The quantitative estimate of drug-likeness (QED) is 0.202. The molecule has 8 aromatic carbocycles. The van der Waals surface area contributed by atoms with Gasteiger partial charge in [0, 0.05) is 20.2 Å². The van der Waals surface area contributed by atoms with Crippen LogP contribution in [0, 0.1) is 12.1 Å². The SMILES string of the molecule is c1cc2c(-c3ccc(-c4ccc5ccccc5c4)cc3)c3ccccc3c(-c3cccc4sc5ccccc5c34)c2cc#1. The summed E-state index contributed by atoms with van der Waals surface area (Å²) >= 11 is 1.87. The van der Waals surface area contributed by atoms with Crippen molar-refractivity contribution < 1.29 is 0 Å². The van der Waals surface area contributed by atoms with Crippen molar-refractivity contribution in [1.29, 1.82) is 0 Å². The molecule has 0 saturated carbocycles. The fourth-order valence-electron chi connectivity index (χ4n) is 6.79. The predicted octanol–water partition coefficient (Wildman–Crippen LogP) is 12.1. The summed E-state index contributed by atoms with van der Waals surface area (Å²) in [6, 6.07) is 59.5. The molecule has 0 radical (unpaired) electrons. The lowest BCUT2D eigenvalue weighted by Crippen LogP contribution is -1.91. The molecule has 0 bridgehead atoms. The molecule has 0 fully saturated rings. The van der Waals surface area contributed by atoms with Gasteiger partial charge in [-0.25, -0.2) is 0 Å². The lowest BCUT2D eigenvalue weighted by atomic mass is 9.85. The zero-order chi connectivity index (χ0) is 28.3. The fourth-order valence-corrected chi connectivity index (χ4v) is 7.92. The van der Waals surface area contributed by atoms with E-state index in [9.17, 15) is 0 Å². The Kier molecular flexibility index (Phi) is 5.38. The van der Waals surface area contributed by atoms with Crippen LogP contribution in [0.4, 0.5) is 0 Å². The van der Waals surface area contributed by atoms with Crippen LogP contribution in [0.3, 0.4) is 0 Å². The lowest BCUT2D eigenvalue weighted by Gasteiger charge is -2.18. The van der Waals surface area contributed by atoms with Gasteiger partial charge in [-0.1, -0.05) is 127 Å². The second kappa shape index (κ2) is 9.57. The summed E-state index contributed by atoms with van der Waals surface area (Å²) in [5, 5.41) is 10.1. The van der Waals surface area contributed by atoms with E-state index in [2.05, 4.69) is 158 Å². The first kappa shape index (κ1) is 24.2. The number of rotatable bonds is 3. The first-order valence-corrected chi connectivity index (χ1v) is 15.4. The van der Waals surface area contributed by atoms with Crippen LogP contribution < -0.4 is 0 Å². The maximum atomic E-state index is 3.29.